The van der Waals surface area contributed by atoms with Crippen LogP contribution < -0.4 is 20.1 Å². The van der Waals surface area contributed by atoms with Crippen molar-refractivity contribution < 1.29 is 14.3 Å². The van der Waals surface area contributed by atoms with Crippen LogP contribution in [0.2, 0.25) is 0 Å². The van der Waals surface area contributed by atoms with E-state index in [1.165, 1.54) is 0 Å². The van der Waals surface area contributed by atoms with E-state index >= 15 is 0 Å². The van der Waals surface area contributed by atoms with Crippen molar-refractivity contribution in [1.82, 2.24) is 10.6 Å². The van der Waals surface area contributed by atoms with Gasteiger partial charge in [0.05, 0.1) is 6.54 Å². The Morgan fingerprint density at radius 2 is 2.33 bits per heavy atom. The molecule has 0 radical (unpaired) electrons. The fraction of sp³-hybridized carbons (Fsp3) is 0.308. The van der Waals surface area contributed by atoms with Gasteiger partial charge in [-0.2, -0.15) is 0 Å². The molecule has 0 saturated heterocycles. The summed E-state index contributed by atoms with van der Waals surface area (Å²) in [5, 5.41) is 5.75. The van der Waals surface area contributed by atoms with Gasteiger partial charge in [-0.3, -0.25) is 4.79 Å². The van der Waals surface area contributed by atoms with Gasteiger partial charge in [-0.1, -0.05) is 18.2 Å². The lowest BCUT2D eigenvalue weighted by atomic mass is 10.2. The molecule has 1 amide bonds. The van der Waals surface area contributed by atoms with Crippen molar-refractivity contribution in [3.05, 3.63) is 36.4 Å². The van der Waals surface area contributed by atoms with Crippen LogP contribution in [0.4, 0.5) is 0 Å². The predicted octanol–water partition coefficient (Wildman–Crippen LogP) is 0.807. The zero-order valence-electron chi connectivity index (χ0n) is 10.1. The van der Waals surface area contributed by atoms with Crippen LogP contribution in [0, 0.1) is 0 Å². The van der Waals surface area contributed by atoms with E-state index in [1.54, 1.807) is 6.08 Å². The second-order valence-corrected chi connectivity index (χ2v) is 3.85. The summed E-state index contributed by atoms with van der Waals surface area (Å²) in [5.41, 5.74) is 0.919. The van der Waals surface area contributed by atoms with Crippen LogP contribution in [0.15, 0.2) is 30.9 Å². The Balaban J connectivity index is 1.85. The van der Waals surface area contributed by atoms with Gasteiger partial charge < -0.3 is 20.1 Å². The van der Waals surface area contributed by atoms with Crippen LogP contribution in [-0.4, -0.2) is 25.8 Å². The van der Waals surface area contributed by atoms with Crippen molar-refractivity contribution in [1.29, 1.82) is 0 Å². The van der Waals surface area contributed by atoms with Crippen LogP contribution in [-0.2, 0) is 11.3 Å². The van der Waals surface area contributed by atoms with Crippen molar-refractivity contribution in [3.63, 3.8) is 0 Å². The zero-order valence-corrected chi connectivity index (χ0v) is 10.1. The average molecular weight is 248 g/mol. The van der Waals surface area contributed by atoms with E-state index in [0.717, 1.165) is 17.1 Å². The minimum absolute atomic E-state index is 0.0617. The van der Waals surface area contributed by atoms with Gasteiger partial charge in [-0.05, 0) is 6.07 Å². The first-order valence-electron chi connectivity index (χ1n) is 5.77. The number of hydrogen-bond donors (Lipinski definition) is 2. The number of hydrogen-bond acceptors (Lipinski definition) is 4. The Hall–Kier alpha value is -2.01. The predicted molar refractivity (Wildman–Crippen MR) is 67.5 cm³/mol. The van der Waals surface area contributed by atoms with E-state index in [4.69, 9.17) is 9.47 Å². The molecule has 96 valence electrons. The van der Waals surface area contributed by atoms with Crippen molar-refractivity contribution in [2.75, 3.05) is 19.9 Å². The Morgan fingerprint density at radius 3 is 3.17 bits per heavy atom. The first-order chi connectivity index (χ1) is 8.81. The Kier molecular flexibility index (Phi) is 4.20. The molecule has 0 bridgehead atoms. The first kappa shape index (κ1) is 12.4. The molecular weight excluding hydrogens is 232 g/mol. The first-order valence-corrected chi connectivity index (χ1v) is 5.77. The minimum Gasteiger partial charge on any atom is -0.454 e. The van der Waals surface area contributed by atoms with E-state index in [-0.39, 0.29) is 19.2 Å². The van der Waals surface area contributed by atoms with Gasteiger partial charge in [0.25, 0.3) is 0 Å². The fourth-order valence-electron chi connectivity index (χ4n) is 1.67. The van der Waals surface area contributed by atoms with E-state index in [1.807, 2.05) is 18.2 Å². The fourth-order valence-corrected chi connectivity index (χ4v) is 1.67. The third kappa shape index (κ3) is 3.01. The average Bonchev–Trinajstić information content (AvgIpc) is 2.85. The highest BCUT2D eigenvalue weighted by atomic mass is 16.7. The van der Waals surface area contributed by atoms with Crippen LogP contribution >= 0.6 is 0 Å². The molecule has 2 N–H and O–H groups in total. The number of amides is 1. The third-order valence-corrected chi connectivity index (χ3v) is 2.53. The number of carbonyl (C=O) groups is 1. The van der Waals surface area contributed by atoms with Crippen molar-refractivity contribution in [2.45, 2.75) is 6.54 Å². The van der Waals surface area contributed by atoms with E-state index < -0.39 is 0 Å². The van der Waals surface area contributed by atoms with Gasteiger partial charge in [-0.25, -0.2) is 0 Å². The highest BCUT2D eigenvalue weighted by Gasteiger charge is 2.17. The monoisotopic (exact) mass is 248 g/mol. The molecule has 1 aliphatic rings. The van der Waals surface area contributed by atoms with Crippen LogP contribution in [0.3, 0.4) is 0 Å². The largest absolute Gasteiger partial charge is 0.454 e. The second-order valence-electron chi connectivity index (χ2n) is 3.85. The topological polar surface area (TPSA) is 59.6 Å². The van der Waals surface area contributed by atoms with Gasteiger partial charge in [0.1, 0.15) is 0 Å². The number of benzene rings is 1. The summed E-state index contributed by atoms with van der Waals surface area (Å²) >= 11 is 0. The molecule has 1 aromatic carbocycles. The maximum atomic E-state index is 11.5. The number of rotatable bonds is 6. The van der Waals surface area contributed by atoms with Crippen LogP contribution in [0.1, 0.15) is 5.56 Å². The molecule has 0 spiro atoms. The number of nitrogens with one attached hydrogen (secondary N) is 2. The molecule has 0 unspecified atom stereocenters. The van der Waals surface area contributed by atoms with Crippen molar-refractivity contribution in [3.8, 4) is 11.5 Å². The van der Waals surface area contributed by atoms with Crippen LogP contribution in [0.25, 0.3) is 0 Å². The summed E-state index contributed by atoms with van der Waals surface area (Å²) in [4.78, 5) is 11.5. The molecule has 1 aromatic rings. The lowest BCUT2D eigenvalue weighted by molar-refractivity contribution is -0.120. The molecule has 0 aliphatic carbocycles. The standard InChI is InChI=1S/C13H16N2O3/c1-2-6-14-8-12(16)15-7-10-4-3-5-11-13(10)18-9-17-11/h2-5,14H,1,6-9H2,(H,15,16). The molecular formula is C13H16N2O3. The van der Waals surface area contributed by atoms with Gasteiger partial charge in [-0.15, -0.1) is 6.58 Å². The Morgan fingerprint density at radius 1 is 1.44 bits per heavy atom. The van der Waals surface area contributed by atoms with Gasteiger partial charge in [0, 0.05) is 18.7 Å². The highest BCUT2D eigenvalue weighted by molar-refractivity contribution is 5.78. The van der Waals surface area contributed by atoms with Crippen LogP contribution in [0.5, 0.6) is 11.5 Å². The van der Waals surface area contributed by atoms with Gasteiger partial charge in [0.2, 0.25) is 12.7 Å². The summed E-state index contributed by atoms with van der Waals surface area (Å²) in [7, 11) is 0. The lowest BCUT2D eigenvalue weighted by Gasteiger charge is -2.08. The number of carbonyl (C=O) groups excluding carboxylic acids is 1. The molecule has 1 heterocycles. The van der Waals surface area contributed by atoms with Gasteiger partial charge in [0.15, 0.2) is 11.5 Å². The quantitative estimate of drug-likeness (QED) is 0.577. The van der Waals surface area contributed by atoms with Gasteiger partial charge >= 0.3 is 0 Å². The molecule has 0 fully saturated rings. The molecule has 0 atom stereocenters. The van der Waals surface area contributed by atoms with Crippen molar-refractivity contribution >= 4 is 5.91 Å². The summed E-state index contributed by atoms with van der Waals surface area (Å²) in [6.45, 7) is 5.13. The summed E-state index contributed by atoms with van der Waals surface area (Å²) in [6.07, 6.45) is 1.71. The Labute approximate surface area is 106 Å². The second kappa shape index (κ2) is 6.07. The highest BCUT2D eigenvalue weighted by Crippen LogP contribution is 2.35. The smallest absolute Gasteiger partial charge is 0.234 e. The Bertz CT molecular complexity index is 446. The molecule has 5 nitrogen and oxygen atoms in total. The number of para-hydroxylation sites is 1. The maximum Gasteiger partial charge on any atom is 0.234 e. The maximum absolute atomic E-state index is 11.5. The summed E-state index contributed by atoms with van der Waals surface area (Å²) < 4.78 is 10.6. The van der Waals surface area contributed by atoms with Crippen molar-refractivity contribution in [2.24, 2.45) is 0 Å². The zero-order chi connectivity index (χ0) is 12.8. The normalized spacial score (nSPS) is 12.2. The number of ether oxygens (including phenoxy) is 2. The SMILES string of the molecule is C=CCNCC(=O)NCc1cccc2c1OCO2. The molecule has 0 aromatic heterocycles. The molecule has 18 heavy (non-hydrogen) atoms. The minimum atomic E-state index is -0.0617. The summed E-state index contributed by atoms with van der Waals surface area (Å²) in [6, 6.07) is 5.63. The lowest BCUT2D eigenvalue weighted by Crippen LogP contribution is -2.33. The molecule has 5 heteroatoms. The molecule has 0 saturated carbocycles. The molecule has 2 rings (SSSR count). The van der Waals surface area contributed by atoms with E-state index in [2.05, 4.69) is 17.2 Å². The molecule has 1 aliphatic heterocycles. The number of fused-ring (bicyclic) bond motifs is 1. The summed E-state index contributed by atoms with van der Waals surface area (Å²) in [5.74, 6) is 1.39. The van der Waals surface area contributed by atoms with E-state index in [9.17, 15) is 4.79 Å². The third-order valence-electron chi connectivity index (χ3n) is 2.53. The van der Waals surface area contributed by atoms with E-state index in [0.29, 0.717) is 13.1 Å².